The fourth-order valence-electron chi connectivity index (χ4n) is 1.64. The van der Waals surface area contributed by atoms with Gasteiger partial charge < -0.3 is 11.1 Å². The molecule has 2 nitrogen and oxygen atoms in total. The van der Waals surface area contributed by atoms with Gasteiger partial charge in [-0.1, -0.05) is 23.2 Å². The van der Waals surface area contributed by atoms with Crippen LogP contribution >= 0.6 is 23.2 Å². The van der Waals surface area contributed by atoms with Crippen LogP contribution in [0.5, 0.6) is 0 Å². The van der Waals surface area contributed by atoms with E-state index in [4.69, 9.17) is 28.9 Å². The number of benzene rings is 1. The van der Waals surface area contributed by atoms with Gasteiger partial charge in [0.25, 0.3) is 0 Å². The van der Waals surface area contributed by atoms with Gasteiger partial charge in [-0.3, -0.25) is 0 Å². The molecule has 1 aromatic carbocycles. The molecule has 0 saturated heterocycles. The zero-order chi connectivity index (χ0) is 11.7. The van der Waals surface area contributed by atoms with E-state index < -0.39 is 0 Å². The van der Waals surface area contributed by atoms with Gasteiger partial charge in [-0.05, 0) is 49.9 Å². The van der Waals surface area contributed by atoms with E-state index >= 15 is 0 Å². The van der Waals surface area contributed by atoms with E-state index in [-0.39, 0.29) is 6.04 Å². The topological polar surface area (TPSA) is 38.0 Å². The molecule has 88 valence electrons. The lowest BCUT2D eigenvalue weighted by Crippen LogP contribution is -2.21. The Balaban J connectivity index is 2.06. The molecule has 1 saturated carbocycles. The first-order valence-corrected chi connectivity index (χ1v) is 6.31. The van der Waals surface area contributed by atoms with Crippen LogP contribution in [-0.2, 0) is 0 Å². The highest BCUT2D eigenvalue weighted by atomic mass is 35.5. The van der Waals surface area contributed by atoms with Crippen molar-refractivity contribution >= 4 is 28.9 Å². The molecule has 0 amide bonds. The summed E-state index contributed by atoms with van der Waals surface area (Å²) in [6.07, 6.45) is 2.70. The number of nitrogen functional groups attached to an aromatic ring is 1. The Hall–Kier alpha value is -0.440. The summed E-state index contributed by atoms with van der Waals surface area (Å²) < 4.78 is 0. The first-order valence-electron chi connectivity index (χ1n) is 5.55. The molecule has 3 N–H and O–H groups in total. The van der Waals surface area contributed by atoms with Crippen molar-refractivity contribution in [2.45, 2.75) is 25.8 Å². The van der Waals surface area contributed by atoms with Crippen LogP contribution in [0.25, 0.3) is 0 Å². The van der Waals surface area contributed by atoms with E-state index in [1.165, 1.54) is 12.8 Å². The summed E-state index contributed by atoms with van der Waals surface area (Å²) in [6, 6.07) is 4.02. The maximum atomic E-state index is 6.00. The monoisotopic (exact) mass is 258 g/mol. The summed E-state index contributed by atoms with van der Waals surface area (Å²) in [7, 11) is 0. The molecule has 0 heterocycles. The second kappa shape index (κ2) is 4.82. The molecule has 0 aliphatic heterocycles. The summed E-state index contributed by atoms with van der Waals surface area (Å²) >= 11 is 12.0. The van der Waals surface area contributed by atoms with Gasteiger partial charge in [0, 0.05) is 6.04 Å². The normalized spacial score (nSPS) is 17.4. The number of rotatable bonds is 4. The molecule has 0 aromatic heterocycles. The minimum atomic E-state index is 0.260. The lowest BCUT2D eigenvalue weighted by molar-refractivity contribution is 0.549. The van der Waals surface area contributed by atoms with Crippen LogP contribution in [0.1, 0.15) is 31.4 Å². The highest BCUT2D eigenvalue weighted by molar-refractivity contribution is 6.38. The average molecular weight is 259 g/mol. The minimum Gasteiger partial charge on any atom is -0.396 e. The van der Waals surface area contributed by atoms with E-state index in [0.29, 0.717) is 15.7 Å². The molecule has 16 heavy (non-hydrogen) atoms. The lowest BCUT2D eigenvalue weighted by atomic mass is 10.1. The maximum absolute atomic E-state index is 6.00. The van der Waals surface area contributed by atoms with E-state index in [9.17, 15) is 0 Å². The van der Waals surface area contributed by atoms with Crippen molar-refractivity contribution in [3.8, 4) is 0 Å². The van der Waals surface area contributed by atoms with Gasteiger partial charge in [0.15, 0.2) is 0 Å². The predicted molar refractivity (Wildman–Crippen MR) is 70.0 cm³/mol. The molecule has 1 atom stereocenters. The summed E-state index contributed by atoms with van der Waals surface area (Å²) in [5, 5.41) is 4.54. The number of hydrogen-bond donors (Lipinski definition) is 2. The first-order chi connectivity index (χ1) is 7.58. The molecule has 0 bridgehead atoms. The molecule has 1 unspecified atom stereocenters. The Kier molecular flexibility index (Phi) is 3.63. The van der Waals surface area contributed by atoms with E-state index in [2.05, 4.69) is 12.2 Å². The first kappa shape index (κ1) is 12.0. The number of halogens is 2. The van der Waals surface area contributed by atoms with Crippen molar-refractivity contribution in [1.29, 1.82) is 0 Å². The number of nitrogens with one attached hydrogen (secondary N) is 1. The summed E-state index contributed by atoms with van der Waals surface area (Å²) in [5.74, 6) is 0.863. The van der Waals surface area contributed by atoms with Crippen molar-refractivity contribution in [3.05, 3.63) is 27.7 Å². The third-order valence-corrected chi connectivity index (χ3v) is 3.64. The van der Waals surface area contributed by atoms with Crippen LogP contribution in [-0.4, -0.2) is 6.54 Å². The van der Waals surface area contributed by atoms with Crippen molar-refractivity contribution in [2.75, 3.05) is 12.3 Å². The Labute approximate surface area is 106 Å². The van der Waals surface area contributed by atoms with Crippen LogP contribution in [0, 0.1) is 5.92 Å². The van der Waals surface area contributed by atoms with Crippen LogP contribution in [0.15, 0.2) is 12.1 Å². The highest BCUT2D eigenvalue weighted by Gasteiger charge is 2.21. The second-order valence-corrected chi connectivity index (χ2v) is 5.29. The summed E-state index contributed by atoms with van der Waals surface area (Å²) in [4.78, 5) is 0. The van der Waals surface area contributed by atoms with Gasteiger partial charge in [-0.2, -0.15) is 0 Å². The van der Waals surface area contributed by atoms with Crippen LogP contribution in [0.3, 0.4) is 0 Å². The summed E-state index contributed by atoms with van der Waals surface area (Å²) in [6.45, 7) is 3.18. The third kappa shape index (κ3) is 2.82. The third-order valence-electron chi connectivity index (χ3n) is 3.01. The second-order valence-electron chi connectivity index (χ2n) is 4.47. The Morgan fingerprint density at radius 2 is 1.94 bits per heavy atom. The largest absolute Gasteiger partial charge is 0.396 e. The number of hydrogen-bond acceptors (Lipinski definition) is 2. The number of nitrogens with two attached hydrogens (primary N) is 1. The average Bonchev–Trinajstić information content (AvgIpc) is 3.05. The van der Waals surface area contributed by atoms with Gasteiger partial charge in [0.2, 0.25) is 0 Å². The fourth-order valence-corrected chi connectivity index (χ4v) is 2.14. The van der Waals surface area contributed by atoms with E-state index in [1.54, 1.807) is 0 Å². The maximum Gasteiger partial charge on any atom is 0.0693 e. The van der Waals surface area contributed by atoms with Gasteiger partial charge in [0.1, 0.15) is 0 Å². The molecule has 1 aromatic rings. The van der Waals surface area contributed by atoms with Crippen LogP contribution < -0.4 is 11.1 Å². The van der Waals surface area contributed by atoms with Crippen molar-refractivity contribution in [2.24, 2.45) is 5.92 Å². The Morgan fingerprint density at radius 3 is 2.44 bits per heavy atom. The van der Waals surface area contributed by atoms with Gasteiger partial charge in [-0.25, -0.2) is 0 Å². The molecule has 1 aliphatic carbocycles. The summed E-state index contributed by atoms with van der Waals surface area (Å²) in [5.41, 5.74) is 7.25. The zero-order valence-electron chi connectivity index (χ0n) is 9.26. The van der Waals surface area contributed by atoms with Crippen LogP contribution in [0.4, 0.5) is 5.69 Å². The lowest BCUT2D eigenvalue weighted by Gasteiger charge is -2.15. The van der Waals surface area contributed by atoms with E-state index in [0.717, 1.165) is 18.0 Å². The van der Waals surface area contributed by atoms with Gasteiger partial charge >= 0.3 is 0 Å². The molecule has 0 spiro atoms. The van der Waals surface area contributed by atoms with Gasteiger partial charge in [0.05, 0.1) is 15.7 Å². The Bertz CT molecular complexity index is 366. The Morgan fingerprint density at radius 1 is 1.38 bits per heavy atom. The molecule has 1 aliphatic rings. The SMILES string of the molecule is CC(NCC1CC1)c1cc(Cl)c(N)c(Cl)c1. The molecule has 4 heteroatoms. The van der Waals surface area contributed by atoms with Crippen molar-refractivity contribution < 1.29 is 0 Å². The molecule has 0 radical (unpaired) electrons. The molecular weight excluding hydrogens is 243 g/mol. The molecule has 1 fully saturated rings. The molecule has 2 rings (SSSR count). The smallest absolute Gasteiger partial charge is 0.0693 e. The fraction of sp³-hybridized carbons (Fsp3) is 0.500. The zero-order valence-corrected chi connectivity index (χ0v) is 10.8. The quantitative estimate of drug-likeness (QED) is 0.810. The van der Waals surface area contributed by atoms with Crippen molar-refractivity contribution in [3.63, 3.8) is 0 Å². The van der Waals surface area contributed by atoms with Crippen LogP contribution in [0.2, 0.25) is 10.0 Å². The van der Waals surface area contributed by atoms with Gasteiger partial charge in [-0.15, -0.1) is 0 Å². The highest BCUT2D eigenvalue weighted by Crippen LogP contribution is 2.32. The van der Waals surface area contributed by atoms with E-state index in [1.807, 2.05) is 12.1 Å². The van der Waals surface area contributed by atoms with Crippen molar-refractivity contribution in [1.82, 2.24) is 5.32 Å². The molecular formula is C12H16Cl2N2. The predicted octanol–water partition coefficient (Wildman–Crippen LogP) is 3.64. The standard InChI is InChI=1S/C12H16Cl2N2/c1-7(16-6-8-2-3-8)9-4-10(13)12(15)11(14)5-9/h4-5,7-8,16H,2-3,6,15H2,1H3. The minimum absolute atomic E-state index is 0.260. The number of anilines is 1.